The Hall–Kier alpha value is -0.450. The number of thiazole rings is 1. The van der Waals surface area contributed by atoms with Crippen molar-refractivity contribution < 1.29 is 0 Å². The van der Waals surface area contributed by atoms with Crippen LogP contribution >= 0.6 is 11.3 Å². The molecule has 1 aromatic heterocycles. The summed E-state index contributed by atoms with van der Waals surface area (Å²) in [6.45, 7) is 11.5. The molecule has 3 nitrogen and oxygen atoms in total. The minimum atomic E-state index is 0.180. The number of nitrogens with one attached hydrogen (secondary N) is 1. The second kappa shape index (κ2) is 5.74. The summed E-state index contributed by atoms with van der Waals surface area (Å²) >= 11 is 1.85. The van der Waals surface area contributed by atoms with Gasteiger partial charge in [0.15, 0.2) is 0 Å². The van der Waals surface area contributed by atoms with Gasteiger partial charge in [-0.15, -0.1) is 11.3 Å². The molecule has 4 heteroatoms. The number of hydrogen-bond donors (Lipinski definition) is 1. The summed E-state index contributed by atoms with van der Waals surface area (Å²) in [5, 5.41) is 4.88. The first-order chi connectivity index (χ1) is 9.52. The molecule has 1 aliphatic carbocycles. The van der Waals surface area contributed by atoms with E-state index in [4.69, 9.17) is 0 Å². The normalized spacial score (nSPS) is 24.4. The van der Waals surface area contributed by atoms with E-state index in [1.54, 1.807) is 0 Å². The summed E-state index contributed by atoms with van der Waals surface area (Å²) in [6.07, 6.45) is 6.30. The van der Waals surface area contributed by atoms with Gasteiger partial charge in [0.25, 0.3) is 0 Å². The molecular formula is C16H27N3S. The summed E-state index contributed by atoms with van der Waals surface area (Å²) in [6, 6.07) is 0.941. The lowest BCUT2D eigenvalue weighted by molar-refractivity contribution is 0.312. The van der Waals surface area contributed by atoms with Crippen LogP contribution in [0.4, 0.5) is 0 Å². The Bertz CT molecular complexity index is 445. The molecule has 1 unspecified atom stereocenters. The fraction of sp³-hybridized carbons (Fsp3) is 0.812. The molecule has 0 amide bonds. The van der Waals surface area contributed by atoms with Gasteiger partial charge in [-0.05, 0) is 38.3 Å². The molecule has 3 rings (SSSR count). The average Bonchev–Trinajstić information content (AvgIpc) is 2.93. The van der Waals surface area contributed by atoms with Crippen molar-refractivity contribution in [3.05, 3.63) is 16.1 Å². The quantitative estimate of drug-likeness (QED) is 0.904. The number of nitrogens with zero attached hydrogens (tertiary/aromatic N) is 2. The van der Waals surface area contributed by atoms with E-state index in [9.17, 15) is 0 Å². The van der Waals surface area contributed by atoms with Crippen molar-refractivity contribution in [2.24, 2.45) is 5.92 Å². The van der Waals surface area contributed by atoms with Crippen LogP contribution in [-0.2, 0) is 12.0 Å². The Morgan fingerprint density at radius 1 is 1.35 bits per heavy atom. The van der Waals surface area contributed by atoms with Crippen LogP contribution in [-0.4, -0.2) is 35.6 Å². The fourth-order valence-electron chi connectivity index (χ4n) is 2.94. The van der Waals surface area contributed by atoms with Crippen LogP contribution in [0.3, 0.4) is 0 Å². The zero-order valence-electron chi connectivity index (χ0n) is 13.0. The van der Waals surface area contributed by atoms with Crippen molar-refractivity contribution in [3.8, 4) is 0 Å². The van der Waals surface area contributed by atoms with E-state index in [0.29, 0.717) is 0 Å². The van der Waals surface area contributed by atoms with Crippen LogP contribution in [0.15, 0.2) is 6.20 Å². The molecule has 1 saturated carbocycles. The maximum atomic E-state index is 4.55. The number of hydrogen-bond acceptors (Lipinski definition) is 4. The van der Waals surface area contributed by atoms with Crippen LogP contribution in [0.25, 0.3) is 0 Å². The van der Waals surface area contributed by atoms with Crippen LogP contribution in [0, 0.1) is 5.92 Å². The molecule has 1 aliphatic heterocycles. The van der Waals surface area contributed by atoms with Gasteiger partial charge >= 0.3 is 0 Å². The first-order valence-electron chi connectivity index (χ1n) is 7.92. The molecular weight excluding hydrogens is 266 g/mol. The van der Waals surface area contributed by atoms with Crippen LogP contribution < -0.4 is 5.32 Å². The lowest BCUT2D eigenvalue weighted by atomic mass is 9.98. The lowest BCUT2D eigenvalue weighted by Gasteiger charge is -2.15. The van der Waals surface area contributed by atoms with Crippen molar-refractivity contribution in [1.29, 1.82) is 0 Å². The number of likely N-dealkylation sites (tertiary alicyclic amines) is 1. The molecule has 20 heavy (non-hydrogen) atoms. The van der Waals surface area contributed by atoms with Gasteiger partial charge < -0.3 is 10.2 Å². The van der Waals surface area contributed by atoms with Gasteiger partial charge in [-0.25, -0.2) is 4.98 Å². The molecule has 2 heterocycles. The van der Waals surface area contributed by atoms with E-state index in [1.807, 2.05) is 17.5 Å². The van der Waals surface area contributed by atoms with Gasteiger partial charge in [0, 0.05) is 35.6 Å². The predicted molar refractivity (Wildman–Crippen MR) is 85.2 cm³/mol. The third-order valence-corrected chi connectivity index (χ3v) is 5.73. The second-order valence-corrected chi connectivity index (χ2v) is 8.51. The highest BCUT2D eigenvalue weighted by atomic mass is 32.1. The highest BCUT2D eigenvalue weighted by Gasteiger charge is 2.34. The maximum Gasteiger partial charge on any atom is 0.0981 e. The summed E-state index contributed by atoms with van der Waals surface area (Å²) in [4.78, 5) is 8.61. The van der Waals surface area contributed by atoms with Gasteiger partial charge in [-0.2, -0.15) is 0 Å². The molecule has 0 aromatic carbocycles. The third kappa shape index (κ3) is 3.60. The van der Waals surface area contributed by atoms with E-state index < -0.39 is 0 Å². The predicted octanol–water partition coefficient (Wildman–Crippen LogP) is 3.01. The molecule has 1 atom stereocenters. The van der Waals surface area contributed by atoms with Crippen LogP contribution in [0.2, 0.25) is 0 Å². The molecule has 1 aromatic rings. The molecule has 0 radical (unpaired) electrons. The molecule has 112 valence electrons. The third-order valence-electron chi connectivity index (χ3n) is 4.31. The minimum absolute atomic E-state index is 0.180. The van der Waals surface area contributed by atoms with Crippen LogP contribution in [0.5, 0.6) is 0 Å². The Kier molecular flexibility index (Phi) is 4.16. The number of rotatable bonds is 5. The molecule has 0 bridgehead atoms. The van der Waals surface area contributed by atoms with Crippen molar-refractivity contribution in [3.63, 3.8) is 0 Å². The van der Waals surface area contributed by atoms with Gasteiger partial charge in [-0.3, -0.25) is 0 Å². The van der Waals surface area contributed by atoms with Crippen molar-refractivity contribution in [2.75, 3.05) is 19.6 Å². The first-order valence-corrected chi connectivity index (χ1v) is 8.74. The smallest absolute Gasteiger partial charge is 0.0981 e. The summed E-state index contributed by atoms with van der Waals surface area (Å²) in [5.41, 5.74) is 0.180. The SMILES string of the molecule is CC(C)(C)c1ncc(CNCC2CCN(C3CC3)C2)s1. The molecule has 0 spiro atoms. The second-order valence-electron chi connectivity index (χ2n) is 7.39. The standard InChI is InChI=1S/C16H27N3S/c1-16(2,3)15-18-10-14(20-15)9-17-8-12-6-7-19(11-12)13-4-5-13/h10,12-13,17H,4-9,11H2,1-3H3. The molecule has 1 N–H and O–H groups in total. The maximum absolute atomic E-state index is 4.55. The van der Waals surface area contributed by atoms with Gasteiger partial charge in [0.2, 0.25) is 0 Å². The molecule has 2 fully saturated rings. The van der Waals surface area contributed by atoms with Gasteiger partial charge in [-0.1, -0.05) is 20.8 Å². The summed E-state index contributed by atoms with van der Waals surface area (Å²) in [7, 11) is 0. The monoisotopic (exact) mass is 293 g/mol. The summed E-state index contributed by atoms with van der Waals surface area (Å²) in [5.74, 6) is 0.852. The van der Waals surface area contributed by atoms with Gasteiger partial charge in [0.05, 0.1) is 5.01 Å². The fourth-order valence-corrected chi connectivity index (χ4v) is 3.88. The number of aromatic nitrogens is 1. The van der Waals surface area contributed by atoms with Crippen LogP contribution in [0.1, 0.15) is 49.9 Å². The van der Waals surface area contributed by atoms with E-state index in [2.05, 4.69) is 36.0 Å². The topological polar surface area (TPSA) is 28.2 Å². The average molecular weight is 293 g/mol. The first kappa shape index (κ1) is 14.5. The van der Waals surface area contributed by atoms with Crippen molar-refractivity contribution in [2.45, 2.75) is 58.0 Å². The minimum Gasteiger partial charge on any atom is -0.311 e. The van der Waals surface area contributed by atoms with Crippen molar-refractivity contribution in [1.82, 2.24) is 15.2 Å². The van der Waals surface area contributed by atoms with E-state index in [-0.39, 0.29) is 5.41 Å². The van der Waals surface area contributed by atoms with Crippen molar-refractivity contribution >= 4 is 11.3 Å². The zero-order chi connectivity index (χ0) is 14.2. The van der Waals surface area contributed by atoms with E-state index in [1.165, 1.54) is 42.2 Å². The van der Waals surface area contributed by atoms with Gasteiger partial charge in [0.1, 0.15) is 0 Å². The summed E-state index contributed by atoms with van der Waals surface area (Å²) < 4.78 is 0. The lowest BCUT2D eigenvalue weighted by Crippen LogP contribution is -2.27. The highest BCUT2D eigenvalue weighted by Crippen LogP contribution is 2.31. The largest absolute Gasteiger partial charge is 0.311 e. The zero-order valence-corrected chi connectivity index (χ0v) is 13.8. The van der Waals surface area contributed by atoms with E-state index in [0.717, 1.165) is 25.0 Å². The Labute approximate surface area is 126 Å². The van der Waals surface area contributed by atoms with E-state index >= 15 is 0 Å². The molecule has 1 saturated heterocycles. The highest BCUT2D eigenvalue weighted by molar-refractivity contribution is 7.11. The Morgan fingerprint density at radius 3 is 2.80 bits per heavy atom. The Balaban J connectivity index is 1.40. The Morgan fingerprint density at radius 2 is 2.15 bits per heavy atom. The molecule has 2 aliphatic rings.